The van der Waals surface area contributed by atoms with Gasteiger partial charge in [0.15, 0.2) is 0 Å². The molecule has 18 heavy (non-hydrogen) atoms. The first kappa shape index (κ1) is 12.2. The molecule has 0 heterocycles. The second-order valence-corrected chi connectivity index (χ2v) is 6.87. The zero-order chi connectivity index (χ0) is 12.8. The van der Waals surface area contributed by atoms with Gasteiger partial charge in [-0.25, -0.2) is 0 Å². The van der Waals surface area contributed by atoms with E-state index in [0.717, 1.165) is 6.42 Å². The highest BCUT2D eigenvalue weighted by Gasteiger charge is 2.59. The van der Waals surface area contributed by atoms with Gasteiger partial charge >= 0.3 is 0 Å². The SMILES string of the molecule is CC1(C)CCCCC1(O)C1CC1c1ccccc1. The summed E-state index contributed by atoms with van der Waals surface area (Å²) in [5, 5.41) is 11.2. The van der Waals surface area contributed by atoms with Gasteiger partial charge in [-0.05, 0) is 42.1 Å². The van der Waals surface area contributed by atoms with Crippen molar-refractivity contribution >= 4 is 0 Å². The van der Waals surface area contributed by atoms with Gasteiger partial charge in [-0.2, -0.15) is 0 Å². The van der Waals surface area contributed by atoms with Gasteiger partial charge < -0.3 is 5.11 Å². The molecule has 0 spiro atoms. The first-order chi connectivity index (χ1) is 8.55. The molecule has 0 radical (unpaired) electrons. The van der Waals surface area contributed by atoms with E-state index in [2.05, 4.69) is 44.2 Å². The summed E-state index contributed by atoms with van der Waals surface area (Å²) in [4.78, 5) is 0. The Labute approximate surface area is 110 Å². The van der Waals surface area contributed by atoms with Crippen LogP contribution in [0.3, 0.4) is 0 Å². The predicted octanol–water partition coefficient (Wildman–Crippen LogP) is 4.12. The topological polar surface area (TPSA) is 20.2 Å². The largest absolute Gasteiger partial charge is 0.389 e. The maximum atomic E-state index is 11.2. The molecule has 0 aromatic heterocycles. The fourth-order valence-corrected chi connectivity index (χ4v) is 3.99. The molecule has 2 aliphatic rings. The average molecular weight is 244 g/mol. The quantitative estimate of drug-likeness (QED) is 0.829. The zero-order valence-electron chi connectivity index (χ0n) is 11.5. The Kier molecular flexibility index (Phi) is 2.78. The summed E-state index contributed by atoms with van der Waals surface area (Å²) < 4.78 is 0. The highest BCUT2D eigenvalue weighted by Crippen LogP contribution is 2.62. The van der Waals surface area contributed by atoms with Crippen LogP contribution in [0.5, 0.6) is 0 Å². The second kappa shape index (κ2) is 4.09. The Morgan fingerprint density at radius 2 is 1.72 bits per heavy atom. The van der Waals surface area contributed by atoms with Gasteiger partial charge in [0.25, 0.3) is 0 Å². The second-order valence-electron chi connectivity index (χ2n) is 6.87. The van der Waals surface area contributed by atoms with Crippen molar-refractivity contribution in [2.24, 2.45) is 11.3 Å². The molecule has 2 fully saturated rings. The number of aliphatic hydroxyl groups is 1. The van der Waals surface area contributed by atoms with Crippen LogP contribution in [0.25, 0.3) is 0 Å². The van der Waals surface area contributed by atoms with E-state index in [4.69, 9.17) is 0 Å². The van der Waals surface area contributed by atoms with E-state index < -0.39 is 5.60 Å². The molecule has 2 aliphatic carbocycles. The standard InChI is InChI=1S/C17H24O/c1-16(2)10-6-7-11-17(16,18)15-12-14(15)13-8-4-3-5-9-13/h3-5,8-9,14-15,18H,6-7,10-12H2,1-2H3. The molecule has 1 heteroatoms. The molecule has 3 rings (SSSR count). The Hall–Kier alpha value is -0.820. The maximum Gasteiger partial charge on any atom is 0.0732 e. The van der Waals surface area contributed by atoms with E-state index >= 15 is 0 Å². The Balaban J connectivity index is 1.81. The summed E-state index contributed by atoms with van der Waals surface area (Å²) in [6, 6.07) is 10.7. The maximum absolute atomic E-state index is 11.2. The molecule has 1 N–H and O–H groups in total. The van der Waals surface area contributed by atoms with E-state index in [9.17, 15) is 5.11 Å². The lowest BCUT2D eigenvalue weighted by Gasteiger charge is -2.47. The molecule has 3 unspecified atom stereocenters. The van der Waals surface area contributed by atoms with Crippen molar-refractivity contribution in [2.45, 2.75) is 57.5 Å². The van der Waals surface area contributed by atoms with Crippen molar-refractivity contribution in [3.63, 3.8) is 0 Å². The first-order valence-corrected chi connectivity index (χ1v) is 7.32. The van der Waals surface area contributed by atoms with Crippen LogP contribution in [0.2, 0.25) is 0 Å². The normalized spacial score (nSPS) is 38.4. The van der Waals surface area contributed by atoms with Gasteiger partial charge in [0.05, 0.1) is 5.60 Å². The zero-order valence-corrected chi connectivity index (χ0v) is 11.5. The van der Waals surface area contributed by atoms with Gasteiger partial charge in [0.2, 0.25) is 0 Å². The number of benzene rings is 1. The van der Waals surface area contributed by atoms with Crippen molar-refractivity contribution in [2.75, 3.05) is 0 Å². The van der Waals surface area contributed by atoms with E-state index in [1.54, 1.807) is 0 Å². The van der Waals surface area contributed by atoms with Gasteiger partial charge in [-0.1, -0.05) is 57.0 Å². The van der Waals surface area contributed by atoms with Crippen molar-refractivity contribution in [1.82, 2.24) is 0 Å². The van der Waals surface area contributed by atoms with Crippen LogP contribution in [0.4, 0.5) is 0 Å². The van der Waals surface area contributed by atoms with Crippen LogP contribution in [-0.4, -0.2) is 10.7 Å². The van der Waals surface area contributed by atoms with Crippen LogP contribution in [-0.2, 0) is 0 Å². The molecule has 98 valence electrons. The van der Waals surface area contributed by atoms with E-state index in [-0.39, 0.29) is 5.41 Å². The molecule has 1 aromatic rings. The highest BCUT2D eigenvalue weighted by molar-refractivity contribution is 5.29. The Bertz CT molecular complexity index is 422. The Morgan fingerprint density at radius 3 is 2.39 bits per heavy atom. The molecular formula is C17H24O. The molecule has 1 aromatic carbocycles. The van der Waals surface area contributed by atoms with Crippen LogP contribution in [0, 0.1) is 11.3 Å². The van der Waals surface area contributed by atoms with Gasteiger partial charge in [0, 0.05) is 0 Å². The number of hydrogen-bond acceptors (Lipinski definition) is 1. The predicted molar refractivity (Wildman–Crippen MR) is 74.5 cm³/mol. The summed E-state index contributed by atoms with van der Waals surface area (Å²) >= 11 is 0. The van der Waals surface area contributed by atoms with E-state index in [0.29, 0.717) is 11.8 Å². The smallest absolute Gasteiger partial charge is 0.0732 e. The first-order valence-electron chi connectivity index (χ1n) is 7.32. The third-order valence-electron chi connectivity index (χ3n) is 5.41. The summed E-state index contributed by atoms with van der Waals surface area (Å²) in [5.41, 5.74) is 1.06. The molecule has 1 nitrogen and oxygen atoms in total. The Morgan fingerprint density at radius 1 is 1.06 bits per heavy atom. The van der Waals surface area contributed by atoms with E-state index in [1.165, 1.54) is 31.2 Å². The molecule has 0 bridgehead atoms. The fourth-order valence-electron chi connectivity index (χ4n) is 3.99. The van der Waals surface area contributed by atoms with Crippen LogP contribution < -0.4 is 0 Å². The van der Waals surface area contributed by atoms with Crippen molar-refractivity contribution < 1.29 is 5.11 Å². The molecule has 3 atom stereocenters. The third-order valence-corrected chi connectivity index (χ3v) is 5.41. The number of hydrogen-bond donors (Lipinski definition) is 1. The van der Waals surface area contributed by atoms with Crippen molar-refractivity contribution in [1.29, 1.82) is 0 Å². The molecule has 0 aliphatic heterocycles. The van der Waals surface area contributed by atoms with Crippen LogP contribution in [0.15, 0.2) is 30.3 Å². The van der Waals surface area contributed by atoms with E-state index in [1.807, 2.05) is 0 Å². The molecule has 0 amide bonds. The summed E-state index contributed by atoms with van der Waals surface area (Å²) in [7, 11) is 0. The van der Waals surface area contributed by atoms with Crippen molar-refractivity contribution in [3.8, 4) is 0 Å². The lowest BCUT2D eigenvalue weighted by Crippen LogP contribution is -2.49. The van der Waals surface area contributed by atoms with Crippen LogP contribution >= 0.6 is 0 Å². The monoisotopic (exact) mass is 244 g/mol. The average Bonchev–Trinajstić information content (AvgIpc) is 3.15. The lowest BCUT2D eigenvalue weighted by molar-refractivity contribution is -0.114. The molecule has 0 saturated heterocycles. The number of rotatable bonds is 2. The summed E-state index contributed by atoms with van der Waals surface area (Å²) in [5.74, 6) is 1.07. The van der Waals surface area contributed by atoms with Gasteiger partial charge in [-0.3, -0.25) is 0 Å². The third kappa shape index (κ3) is 1.80. The minimum absolute atomic E-state index is 0.0828. The van der Waals surface area contributed by atoms with Crippen LogP contribution in [0.1, 0.15) is 57.4 Å². The molecular weight excluding hydrogens is 220 g/mol. The fraction of sp³-hybridized carbons (Fsp3) is 0.647. The summed E-state index contributed by atoms with van der Waals surface area (Å²) in [6.45, 7) is 4.51. The van der Waals surface area contributed by atoms with Gasteiger partial charge in [0.1, 0.15) is 0 Å². The highest BCUT2D eigenvalue weighted by atomic mass is 16.3. The molecule has 2 saturated carbocycles. The van der Waals surface area contributed by atoms with Crippen molar-refractivity contribution in [3.05, 3.63) is 35.9 Å². The lowest BCUT2D eigenvalue weighted by atomic mass is 9.62. The summed E-state index contributed by atoms with van der Waals surface area (Å²) in [6.07, 6.45) is 5.80. The minimum Gasteiger partial charge on any atom is -0.389 e. The van der Waals surface area contributed by atoms with Gasteiger partial charge in [-0.15, -0.1) is 0 Å². The minimum atomic E-state index is -0.439.